The number of amides is 2. The minimum atomic E-state index is -0.496. The van der Waals surface area contributed by atoms with Gasteiger partial charge in [-0.1, -0.05) is 25.1 Å². The van der Waals surface area contributed by atoms with Gasteiger partial charge >= 0.3 is 6.09 Å². The molecular formula is C26H35N3O3. The maximum absolute atomic E-state index is 13.7. The van der Waals surface area contributed by atoms with Gasteiger partial charge in [0.1, 0.15) is 5.60 Å². The molecule has 32 heavy (non-hydrogen) atoms. The highest BCUT2D eigenvalue weighted by Gasteiger charge is 2.30. The van der Waals surface area contributed by atoms with Gasteiger partial charge in [0.15, 0.2) is 0 Å². The largest absolute Gasteiger partial charge is 0.444 e. The molecule has 2 aliphatic rings. The van der Waals surface area contributed by atoms with E-state index in [9.17, 15) is 9.59 Å². The first-order valence-corrected chi connectivity index (χ1v) is 11.9. The lowest BCUT2D eigenvalue weighted by Gasteiger charge is -2.34. The number of likely N-dealkylation sites (tertiary alicyclic amines) is 1. The molecule has 0 bridgehead atoms. The van der Waals surface area contributed by atoms with Gasteiger partial charge in [0.2, 0.25) is 0 Å². The number of rotatable bonds is 3. The first-order chi connectivity index (χ1) is 15.2. The number of hydrogen-bond donors (Lipinski definition) is 1. The summed E-state index contributed by atoms with van der Waals surface area (Å²) >= 11 is 0. The second kappa shape index (κ2) is 9.08. The number of alkyl carbamates (subject to hydrolysis) is 1. The SMILES string of the molecule is CC1CCc2nc3ccccc3c(C(=O)N3CCC(CNC(=O)OC(C)(C)C)CC3)c2C1. The van der Waals surface area contributed by atoms with Crippen molar-refractivity contribution in [1.29, 1.82) is 0 Å². The predicted molar refractivity (Wildman–Crippen MR) is 126 cm³/mol. The number of carbonyl (C=O) groups is 2. The molecule has 1 aromatic carbocycles. The normalized spacial score (nSPS) is 19.5. The van der Waals surface area contributed by atoms with Crippen molar-refractivity contribution >= 4 is 22.9 Å². The Hall–Kier alpha value is -2.63. The fourth-order valence-corrected chi connectivity index (χ4v) is 4.85. The van der Waals surface area contributed by atoms with Crippen LogP contribution in [0.25, 0.3) is 10.9 Å². The molecule has 1 saturated heterocycles. The lowest BCUT2D eigenvalue weighted by Crippen LogP contribution is -2.42. The number of piperidine rings is 1. The van der Waals surface area contributed by atoms with Crippen LogP contribution >= 0.6 is 0 Å². The zero-order valence-corrected chi connectivity index (χ0v) is 19.7. The standard InChI is InChI=1S/C26H35N3O3/c1-17-9-10-22-20(15-17)23(19-7-5-6-8-21(19)28-22)24(30)29-13-11-18(12-14-29)16-27-25(31)32-26(2,3)4/h5-8,17-18H,9-16H2,1-4H3,(H,27,31). The van der Waals surface area contributed by atoms with Crippen LogP contribution in [-0.2, 0) is 17.6 Å². The van der Waals surface area contributed by atoms with Crippen LogP contribution in [0.2, 0.25) is 0 Å². The van der Waals surface area contributed by atoms with Crippen LogP contribution in [-0.4, -0.2) is 47.1 Å². The van der Waals surface area contributed by atoms with Crippen molar-refractivity contribution < 1.29 is 14.3 Å². The molecule has 4 rings (SSSR count). The topological polar surface area (TPSA) is 71.5 Å². The van der Waals surface area contributed by atoms with Crippen LogP contribution in [0.5, 0.6) is 0 Å². The molecule has 1 aliphatic heterocycles. The number of pyridine rings is 1. The molecule has 1 aliphatic carbocycles. The number of nitrogens with one attached hydrogen (secondary N) is 1. The van der Waals surface area contributed by atoms with Gasteiger partial charge in [-0.05, 0) is 76.3 Å². The summed E-state index contributed by atoms with van der Waals surface area (Å²) in [6.07, 6.45) is 4.37. The number of benzene rings is 1. The minimum Gasteiger partial charge on any atom is -0.444 e. The Labute approximate surface area is 190 Å². The van der Waals surface area contributed by atoms with E-state index in [-0.39, 0.29) is 12.0 Å². The Balaban J connectivity index is 1.46. The van der Waals surface area contributed by atoms with Gasteiger partial charge in [0.05, 0.1) is 11.1 Å². The zero-order chi connectivity index (χ0) is 22.9. The van der Waals surface area contributed by atoms with Gasteiger partial charge in [-0.3, -0.25) is 9.78 Å². The van der Waals surface area contributed by atoms with Crippen molar-refractivity contribution in [2.45, 2.75) is 65.4 Å². The van der Waals surface area contributed by atoms with E-state index >= 15 is 0 Å². The third-order valence-electron chi connectivity index (χ3n) is 6.56. The van der Waals surface area contributed by atoms with E-state index < -0.39 is 5.60 Å². The molecule has 2 aromatic rings. The molecule has 6 heteroatoms. The Bertz CT molecular complexity index is 1000. The molecule has 1 N–H and O–H groups in total. The summed E-state index contributed by atoms with van der Waals surface area (Å²) in [5.41, 5.74) is 3.54. The lowest BCUT2D eigenvalue weighted by atomic mass is 9.83. The fraction of sp³-hybridized carbons (Fsp3) is 0.577. The summed E-state index contributed by atoms with van der Waals surface area (Å²) < 4.78 is 5.33. The van der Waals surface area contributed by atoms with Crippen molar-refractivity contribution in [1.82, 2.24) is 15.2 Å². The number of aryl methyl sites for hydroxylation is 1. The number of fused-ring (bicyclic) bond motifs is 2. The highest BCUT2D eigenvalue weighted by Crippen LogP contribution is 2.33. The number of aromatic nitrogens is 1. The van der Waals surface area contributed by atoms with E-state index in [4.69, 9.17) is 9.72 Å². The van der Waals surface area contributed by atoms with Gasteiger partial charge in [-0.25, -0.2) is 4.79 Å². The molecule has 1 aromatic heterocycles. The Morgan fingerprint density at radius 3 is 2.59 bits per heavy atom. The molecule has 2 heterocycles. The van der Waals surface area contributed by atoms with E-state index in [0.717, 1.165) is 59.8 Å². The molecule has 1 atom stereocenters. The summed E-state index contributed by atoms with van der Waals surface area (Å²) in [5, 5.41) is 3.85. The maximum Gasteiger partial charge on any atom is 0.407 e. The van der Waals surface area contributed by atoms with E-state index in [1.165, 1.54) is 0 Å². The maximum atomic E-state index is 13.7. The molecule has 0 radical (unpaired) electrons. The van der Waals surface area contributed by atoms with E-state index in [1.807, 2.05) is 49.9 Å². The first-order valence-electron chi connectivity index (χ1n) is 11.9. The third-order valence-corrected chi connectivity index (χ3v) is 6.56. The van der Waals surface area contributed by atoms with Crippen molar-refractivity contribution in [3.8, 4) is 0 Å². The van der Waals surface area contributed by atoms with Gasteiger partial charge in [-0.15, -0.1) is 0 Å². The van der Waals surface area contributed by atoms with Crippen LogP contribution in [0.15, 0.2) is 24.3 Å². The first kappa shape index (κ1) is 22.6. The van der Waals surface area contributed by atoms with E-state index in [1.54, 1.807) is 0 Å². The second-order valence-electron chi connectivity index (χ2n) is 10.4. The molecular weight excluding hydrogens is 402 g/mol. The van der Waals surface area contributed by atoms with Crippen molar-refractivity contribution in [2.24, 2.45) is 11.8 Å². The highest BCUT2D eigenvalue weighted by molar-refractivity contribution is 6.07. The molecule has 2 amide bonds. The monoisotopic (exact) mass is 437 g/mol. The molecule has 0 saturated carbocycles. The predicted octanol–water partition coefficient (Wildman–Crippen LogP) is 4.74. The Kier molecular flexibility index (Phi) is 6.40. The Morgan fingerprint density at radius 1 is 1.16 bits per heavy atom. The van der Waals surface area contributed by atoms with Crippen LogP contribution in [0, 0.1) is 11.8 Å². The van der Waals surface area contributed by atoms with Gasteiger partial charge < -0.3 is 15.0 Å². The number of hydrogen-bond acceptors (Lipinski definition) is 4. The summed E-state index contributed by atoms with van der Waals surface area (Å²) in [5.74, 6) is 1.06. The average molecular weight is 438 g/mol. The van der Waals surface area contributed by atoms with Crippen molar-refractivity contribution in [2.75, 3.05) is 19.6 Å². The Morgan fingerprint density at radius 2 is 1.88 bits per heavy atom. The quantitative estimate of drug-likeness (QED) is 0.753. The zero-order valence-electron chi connectivity index (χ0n) is 19.7. The third kappa shape index (κ3) is 5.05. The molecule has 172 valence electrons. The van der Waals surface area contributed by atoms with Crippen LogP contribution in [0.3, 0.4) is 0 Å². The van der Waals surface area contributed by atoms with Crippen molar-refractivity contribution in [3.63, 3.8) is 0 Å². The molecule has 0 spiro atoms. The molecule has 1 unspecified atom stereocenters. The average Bonchev–Trinajstić information content (AvgIpc) is 2.75. The van der Waals surface area contributed by atoms with Gasteiger partial charge in [0, 0.05) is 30.7 Å². The van der Waals surface area contributed by atoms with Crippen molar-refractivity contribution in [3.05, 3.63) is 41.1 Å². The smallest absolute Gasteiger partial charge is 0.407 e. The summed E-state index contributed by atoms with van der Waals surface area (Å²) in [7, 11) is 0. The number of carbonyl (C=O) groups excluding carboxylic acids is 2. The molecule has 6 nitrogen and oxygen atoms in total. The van der Waals surface area contributed by atoms with Crippen LogP contribution < -0.4 is 5.32 Å². The summed E-state index contributed by atoms with van der Waals surface area (Å²) in [6.45, 7) is 9.84. The van der Waals surface area contributed by atoms with Crippen LogP contribution in [0.1, 0.15) is 68.6 Å². The number of para-hydroxylation sites is 1. The number of nitrogens with zero attached hydrogens (tertiary/aromatic N) is 2. The minimum absolute atomic E-state index is 0.132. The van der Waals surface area contributed by atoms with E-state index in [2.05, 4.69) is 12.2 Å². The second-order valence-corrected chi connectivity index (χ2v) is 10.4. The molecule has 1 fully saturated rings. The highest BCUT2D eigenvalue weighted by atomic mass is 16.6. The number of ether oxygens (including phenoxy) is 1. The lowest BCUT2D eigenvalue weighted by molar-refractivity contribution is 0.0500. The van der Waals surface area contributed by atoms with E-state index in [0.29, 0.717) is 31.5 Å². The van der Waals surface area contributed by atoms with Crippen LogP contribution in [0.4, 0.5) is 4.79 Å². The summed E-state index contributed by atoms with van der Waals surface area (Å²) in [4.78, 5) is 32.6. The fourth-order valence-electron chi connectivity index (χ4n) is 4.85. The summed E-state index contributed by atoms with van der Waals surface area (Å²) in [6, 6.07) is 8.03. The van der Waals surface area contributed by atoms with Gasteiger partial charge in [-0.2, -0.15) is 0 Å². The van der Waals surface area contributed by atoms with Gasteiger partial charge in [0.25, 0.3) is 5.91 Å².